The van der Waals surface area contributed by atoms with Gasteiger partial charge in [0.25, 0.3) is 0 Å². The predicted octanol–water partition coefficient (Wildman–Crippen LogP) is 3.00. The molecule has 0 unspecified atom stereocenters. The molecular weight excluding hydrogens is 283 g/mol. The van der Waals surface area contributed by atoms with E-state index in [2.05, 4.69) is 10.3 Å². The van der Waals surface area contributed by atoms with Gasteiger partial charge in [0.1, 0.15) is 10.7 Å². The lowest BCUT2D eigenvalue weighted by atomic mass is 10.1. The molecule has 0 bridgehead atoms. The number of rotatable bonds is 4. The first-order valence-electron chi connectivity index (χ1n) is 5.81. The van der Waals surface area contributed by atoms with Crippen LogP contribution in [0.4, 0.5) is 9.52 Å². The average Bonchev–Trinajstić information content (AvgIpc) is 2.83. The summed E-state index contributed by atoms with van der Waals surface area (Å²) in [6.45, 7) is 1.68. The molecule has 104 valence electrons. The summed E-state index contributed by atoms with van der Waals surface area (Å²) in [6, 6.07) is 5.35. The summed E-state index contributed by atoms with van der Waals surface area (Å²) in [7, 11) is 0. The number of nitrogens with one attached hydrogen (secondary N) is 1. The molecule has 1 aromatic heterocycles. The van der Waals surface area contributed by atoms with E-state index in [0.717, 1.165) is 11.3 Å². The second-order valence-electron chi connectivity index (χ2n) is 3.91. The molecule has 0 saturated heterocycles. The van der Waals surface area contributed by atoms with E-state index in [1.807, 2.05) is 0 Å². The molecule has 0 fully saturated rings. The highest BCUT2D eigenvalue weighted by molar-refractivity contribution is 7.18. The molecule has 7 heteroatoms. The molecule has 0 saturated carbocycles. The zero-order valence-corrected chi connectivity index (χ0v) is 11.3. The molecule has 0 aliphatic heterocycles. The van der Waals surface area contributed by atoms with Crippen LogP contribution in [0.25, 0.3) is 11.3 Å². The SMILES string of the molecule is CCC(=O)Nc1nc(-c2ccc(F)cc2)c(C(=O)O)s1. The van der Waals surface area contributed by atoms with Crippen molar-refractivity contribution in [3.05, 3.63) is 35.0 Å². The number of hydrogen-bond donors (Lipinski definition) is 2. The Bertz CT molecular complexity index is 652. The predicted molar refractivity (Wildman–Crippen MR) is 73.4 cm³/mol. The van der Waals surface area contributed by atoms with E-state index < -0.39 is 11.8 Å². The number of thiazole rings is 1. The summed E-state index contributed by atoms with van der Waals surface area (Å²) >= 11 is 0.874. The van der Waals surface area contributed by atoms with Crippen molar-refractivity contribution in [3.8, 4) is 11.3 Å². The number of anilines is 1. The molecule has 5 nitrogen and oxygen atoms in total. The minimum absolute atomic E-state index is 0.00279. The summed E-state index contributed by atoms with van der Waals surface area (Å²) < 4.78 is 12.9. The van der Waals surface area contributed by atoms with Gasteiger partial charge in [-0.25, -0.2) is 14.2 Å². The Hall–Kier alpha value is -2.28. The van der Waals surface area contributed by atoms with Crippen LogP contribution in [0.2, 0.25) is 0 Å². The maximum absolute atomic E-state index is 12.9. The smallest absolute Gasteiger partial charge is 0.348 e. The Morgan fingerprint density at radius 3 is 2.55 bits per heavy atom. The fraction of sp³-hybridized carbons (Fsp3) is 0.154. The Balaban J connectivity index is 2.43. The van der Waals surface area contributed by atoms with Gasteiger partial charge < -0.3 is 10.4 Å². The van der Waals surface area contributed by atoms with Gasteiger partial charge in [-0.3, -0.25) is 4.79 Å². The van der Waals surface area contributed by atoms with Gasteiger partial charge in [-0.2, -0.15) is 0 Å². The lowest BCUT2D eigenvalue weighted by molar-refractivity contribution is -0.115. The van der Waals surface area contributed by atoms with Crippen molar-refractivity contribution >= 4 is 28.3 Å². The van der Waals surface area contributed by atoms with Crippen molar-refractivity contribution in [1.29, 1.82) is 0 Å². The van der Waals surface area contributed by atoms with Gasteiger partial charge in [-0.1, -0.05) is 18.3 Å². The Kier molecular flexibility index (Phi) is 4.09. The number of hydrogen-bond acceptors (Lipinski definition) is 4. The molecule has 2 aromatic rings. The quantitative estimate of drug-likeness (QED) is 0.908. The summed E-state index contributed by atoms with van der Waals surface area (Å²) in [4.78, 5) is 26.6. The summed E-state index contributed by atoms with van der Waals surface area (Å²) in [5.74, 6) is -1.81. The minimum atomic E-state index is -1.14. The monoisotopic (exact) mass is 294 g/mol. The Labute approximate surface area is 118 Å². The van der Waals surface area contributed by atoms with Crippen LogP contribution < -0.4 is 5.32 Å². The molecule has 0 aliphatic rings. The fourth-order valence-corrected chi connectivity index (χ4v) is 2.37. The number of carboxylic acids is 1. The number of nitrogens with zero attached hydrogens (tertiary/aromatic N) is 1. The molecule has 0 atom stereocenters. The second-order valence-corrected chi connectivity index (χ2v) is 4.91. The van der Waals surface area contributed by atoms with Crippen LogP contribution in [0, 0.1) is 5.82 Å². The number of aromatic nitrogens is 1. The maximum Gasteiger partial charge on any atom is 0.348 e. The maximum atomic E-state index is 12.9. The van der Waals surface area contributed by atoms with Crippen molar-refractivity contribution in [2.24, 2.45) is 0 Å². The minimum Gasteiger partial charge on any atom is -0.477 e. The zero-order chi connectivity index (χ0) is 14.7. The van der Waals surface area contributed by atoms with Gasteiger partial charge in [0.05, 0.1) is 5.69 Å². The van der Waals surface area contributed by atoms with E-state index in [1.165, 1.54) is 24.3 Å². The Morgan fingerprint density at radius 2 is 2.00 bits per heavy atom. The largest absolute Gasteiger partial charge is 0.477 e. The Morgan fingerprint density at radius 1 is 1.35 bits per heavy atom. The van der Waals surface area contributed by atoms with Crippen LogP contribution in [0.15, 0.2) is 24.3 Å². The number of amides is 1. The van der Waals surface area contributed by atoms with Crippen LogP contribution in [0.5, 0.6) is 0 Å². The third-order valence-corrected chi connectivity index (χ3v) is 3.47. The van der Waals surface area contributed by atoms with E-state index >= 15 is 0 Å². The van der Waals surface area contributed by atoms with Crippen molar-refractivity contribution in [1.82, 2.24) is 4.98 Å². The van der Waals surface area contributed by atoms with Gasteiger partial charge in [-0.15, -0.1) is 0 Å². The average molecular weight is 294 g/mol. The van der Waals surface area contributed by atoms with Gasteiger partial charge in [-0.05, 0) is 24.3 Å². The number of benzene rings is 1. The summed E-state index contributed by atoms with van der Waals surface area (Å²) in [5, 5.41) is 11.9. The van der Waals surface area contributed by atoms with Crippen molar-refractivity contribution in [2.75, 3.05) is 5.32 Å². The molecule has 0 spiro atoms. The molecule has 1 aromatic carbocycles. The molecule has 0 aliphatic carbocycles. The van der Waals surface area contributed by atoms with Gasteiger partial charge in [0.15, 0.2) is 5.13 Å². The van der Waals surface area contributed by atoms with Crippen LogP contribution in [-0.4, -0.2) is 22.0 Å². The molecule has 1 amide bonds. The molecule has 2 N–H and O–H groups in total. The van der Waals surface area contributed by atoms with Crippen LogP contribution in [-0.2, 0) is 4.79 Å². The van der Waals surface area contributed by atoms with Crippen LogP contribution >= 0.6 is 11.3 Å². The standard InChI is InChI=1S/C13H11FN2O3S/c1-2-9(17)15-13-16-10(11(20-13)12(18)19)7-3-5-8(14)6-4-7/h3-6H,2H2,1H3,(H,18,19)(H,15,16,17). The number of carbonyl (C=O) groups is 2. The number of halogens is 1. The zero-order valence-electron chi connectivity index (χ0n) is 10.5. The second kappa shape index (κ2) is 5.79. The highest BCUT2D eigenvalue weighted by Gasteiger charge is 2.19. The van der Waals surface area contributed by atoms with E-state index in [1.54, 1.807) is 6.92 Å². The van der Waals surface area contributed by atoms with E-state index in [4.69, 9.17) is 5.11 Å². The number of carboxylic acid groups (broad SMARTS) is 1. The van der Waals surface area contributed by atoms with E-state index in [0.29, 0.717) is 5.56 Å². The van der Waals surface area contributed by atoms with E-state index in [9.17, 15) is 14.0 Å². The first-order valence-corrected chi connectivity index (χ1v) is 6.62. The third kappa shape index (κ3) is 3.00. The topological polar surface area (TPSA) is 79.3 Å². The summed E-state index contributed by atoms with van der Waals surface area (Å²) in [5.41, 5.74) is 0.700. The molecule has 0 radical (unpaired) electrons. The van der Waals surface area contributed by atoms with Gasteiger partial charge >= 0.3 is 5.97 Å². The van der Waals surface area contributed by atoms with Crippen molar-refractivity contribution in [3.63, 3.8) is 0 Å². The number of aromatic carboxylic acids is 1. The molecule has 2 rings (SSSR count). The van der Waals surface area contributed by atoms with Gasteiger partial charge in [0.2, 0.25) is 5.91 Å². The third-order valence-electron chi connectivity index (χ3n) is 2.51. The van der Waals surface area contributed by atoms with Crippen LogP contribution in [0.3, 0.4) is 0 Å². The van der Waals surface area contributed by atoms with Crippen molar-refractivity contribution in [2.45, 2.75) is 13.3 Å². The van der Waals surface area contributed by atoms with Crippen LogP contribution in [0.1, 0.15) is 23.0 Å². The van der Waals surface area contributed by atoms with Gasteiger partial charge in [0, 0.05) is 12.0 Å². The molecular formula is C13H11FN2O3S. The van der Waals surface area contributed by atoms with E-state index in [-0.39, 0.29) is 28.0 Å². The first kappa shape index (κ1) is 14.1. The molecule has 1 heterocycles. The highest BCUT2D eigenvalue weighted by atomic mass is 32.1. The molecule has 20 heavy (non-hydrogen) atoms. The summed E-state index contributed by atoms with van der Waals surface area (Å²) in [6.07, 6.45) is 0.272. The first-order chi connectivity index (χ1) is 9.51. The lowest BCUT2D eigenvalue weighted by Crippen LogP contribution is -2.08. The number of carbonyl (C=O) groups excluding carboxylic acids is 1. The lowest BCUT2D eigenvalue weighted by Gasteiger charge is -1.98. The normalized spacial score (nSPS) is 10.3. The highest BCUT2D eigenvalue weighted by Crippen LogP contribution is 2.31. The van der Waals surface area contributed by atoms with Crippen molar-refractivity contribution < 1.29 is 19.1 Å². The fourth-order valence-electron chi connectivity index (χ4n) is 1.53.